The molecule has 0 fully saturated rings. The molecule has 1 atom stereocenters. The first-order valence-corrected chi connectivity index (χ1v) is 9.49. The molecule has 0 heterocycles. The summed E-state index contributed by atoms with van der Waals surface area (Å²) < 4.78 is 5.37. The van der Waals surface area contributed by atoms with Gasteiger partial charge in [0.15, 0.2) is 5.96 Å². The van der Waals surface area contributed by atoms with E-state index in [-0.39, 0.29) is 31.8 Å². The van der Waals surface area contributed by atoms with Crippen molar-refractivity contribution in [1.82, 2.24) is 5.32 Å². The molecule has 6 N–H and O–H groups in total. The molecule has 9 nitrogen and oxygen atoms in total. The van der Waals surface area contributed by atoms with Gasteiger partial charge in [-0.3, -0.25) is 14.6 Å². The van der Waals surface area contributed by atoms with Gasteiger partial charge in [-0.05, 0) is 42.9 Å². The minimum atomic E-state index is -1.16. The molecule has 0 aliphatic heterocycles. The van der Waals surface area contributed by atoms with Crippen LogP contribution in [0.3, 0.4) is 0 Å². The van der Waals surface area contributed by atoms with Crippen molar-refractivity contribution in [3.8, 4) is 5.75 Å². The van der Waals surface area contributed by atoms with E-state index in [4.69, 9.17) is 16.2 Å². The molecule has 0 aliphatic carbocycles. The number of carboxylic acid groups (broad SMARTS) is 1. The first-order valence-electron chi connectivity index (χ1n) is 9.49. The van der Waals surface area contributed by atoms with E-state index >= 15 is 0 Å². The van der Waals surface area contributed by atoms with Gasteiger partial charge in [-0.25, -0.2) is 4.79 Å². The number of aliphatic imine (C=N–C) groups is 1. The molecular weight excluding hydrogens is 376 g/mol. The summed E-state index contributed by atoms with van der Waals surface area (Å²) in [7, 11) is 0. The molecule has 0 saturated carbocycles. The third kappa shape index (κ3) is 9.09. The molecule has 160 valence electrons. The summed E-state index contributed by atoms with van der Waals surface area (Å²) in [6.45, 7) is 6.18. The highest BCUT2D eigenvalue weighted by atomic mass is 16.5. The van der Waals surface area contributed by atoms with Crippen LogP contribution in [0.4, 0.5) is 0 Å². The van der Waals surface area contributed by atoms with Gasteiger partial charge in [-0.1, -0.05) is 26.0 Å². The second-order valence-corrected chi connectivity index (χ2v) is 7.06. The molecule has 0 unspecified atom stereocenters. The average molecular weight is 406 g/mol. The Labute approximate surface area is 170 Å². The van der Waals surface area contributed by atoms with Crippen LogP contribution in [0.5, 0.6) is 5.75 Å². The van der Waals surface area contributed by atoms with E-state index in [1.807, 2.05) is 39.0 Å². The third-order valence-electron chi connectivity index (χ3n) is 4.24. The van der Waals surface area contributed by atoms with Gasteiger partial charge in [-0.15, -0.1) is 0 Å². The first kappa shape index (κ1) is 23.9. The van der Waals surface area contributed by atoms with Gasteiger partial charge in [0.1, 0.15) is 11.8 Å². The lowest BCUT2D eigenvalue weighted by Crippen LogP contribution is -2.41. The number of carboxylic acids is 1. The number of carbonyl (C=O) groups excluding carboxylic acids is 2. The van der Waals surface area contributed by atoms with Crippen molar-refractivity contribution in [3.05, 3.63) is 29.3 Å². The number of ether oxygens (including phenoxy) is 1. The zero-order chi connectivity index (χ0) is 22.0. The number of nitrogens with two attached hydrogens (primary N) is 2. The fourth-order valence-corrected chi connectivity index (χ4v) is 2.50. The minimum Gasteiger partial charge on any atom is -0.480 e. The zero-order valence-corrected chi connectivity index (χ0v) is 17.1. The van der Waals surface area contributed by atoms with Crippen LogP contribution in [0, 0.1) is 6.92 Å². The van der Waals surface area contributed by atoms with E-state index in [0.29, 0.717) is 18.1 Å². The molecule has 0 aliphatic rings. The normalized spacial score (nSPS) is 11.6. The van der Waals surface area contributed by atoms with E-state index in [1.165, 1.54) is 0 Å². The molecular formula is C20H30N4O5. The zero-order valence-electron chi connectivity index (χ0n) is 17.1. The van der Waals surface area contributed by atoms with Crippen LogP contribution in [0.2, 0.25) is 0 Å². The number of hydrogen-bond donors (Lipinski definition) is 4. The Morgan fingerprint density at radius 1 is 1.21 bits per heavy atom. The van der Waals surface area contributed by atoms with Crippen LogP contribution < -0.4 is 21.5 Å². The molecule has 0 radical (unpaired) electrons. The number of aliphatic carboxylic acids is 1. The van der Waals surface area contributed by atoms with Crippen LogP contribution in [0.15, 0.2) is 23.2 Å². The Kier molecular flexibility index (Phi) is 9.64. The maximum Gasteiger partial charge on any atom is 0.326 e. The average Bonchev–Trinajstić information content (AvgIpc) is 2.63. The second kappa shape index (κ2) is 11.7. The molecule has 0 spiro atoms. The standard InChI is InChI=1S/C20H30N4O5/c1-12(2)14-7-6-13(3)16(11-14)29-18(26)9-8-17(25)24-15(19(27)28)5-4-10-23-20(21)22/h6-7,11-12,15H,4-5,8-10H2,1-3H3,(H,24,25)(H,27,28)(H4,21,22,23)/t15-/m0/s1. The monoisotopic (exact) mass is 406 g/mol. The predicted molar refractivity (Wildman–Crippen MR) is 110 cm³/mol. The smallest absolute Gasteiger partial charge is 0.326 e. The number of nitrogens with one attached hydrogen (secondary N) is 1. The Balaban J connectivity index is 2.51. The SMILES string of the molecule is Cc1ccc(C(C)C)cc1OC(=O)CCC(=O)N[C@@H](CCCN=C(N)N)C(=O)O. The summed E-state index contributed by atoms with van der Waals surface area (Å²) in [6.07, 6.45) is 0.239. The number of guanidine groups is 1. The lowest BCUT2D eigenvalue weighted by atomic mass is 10.0. The lowest BCUT2D eigenvalue weighted by molar-refractivity contribution is -0.142. The van der Waals surface area contributed by atoms with Gasteiger partial charge in [0.25, 0.3) is 0 Å². The van der Waals surface area contributed by atoms with Crippen molar-refractivity contribution in [2.24, 2.45) is 16.5 Å². The van der Waals surface area contributed by atoms with Crippen LogP contribution in [-0.2, 0) is 14.4 Å². The number of aryl methyl sites for hydroxylation is 1. The number of rotatable bonds is 11. The van der Waals surface area contributed by atoms with Gasteiger partial charge in [0.05, 0.1) is 6.42 Å². The summed E-state index contributed by atoms with van der Waals surface area (Å²) in [5.41, 5.74) is 12.3. The van der Waals surface area contributed by atoms with Crippen molar-refractivity contribution in [2.75, 3.05) is 6.54 Å². The van der Waals surface area contributed by atoms with E-state index in [0.717, 1.165) is 11.1 Å². The predicted octanol–water partition coefficient (Wildman–Crippen LogP) is 1.43. The van der Waals surface area contributed by atoms with E-state index in [2.05, 4.69) is 10.3 Å². The highest BCUT2D eigenvalue weighted by Gasteiger charge is 2.20. The summed E-state index contributed by atoms with van der Waals surface area (Å²) in [6, 6.07) is 4.60. The maximum absolute atomic E-state index is 12.1. The molecule has 9 heteroatoms. The number of amides is 1. The summed E-state index contributed by atoms with van der Waals surface area (Å²) in [4.78, 5) is 39.1. The summed E-state index contributed by atoms with van der Waals surface area (Å²) >= 11 is 0. The van der Waals surface area contributed by atoms with Gasteiger partial charge in [-0.2, -0.15) is 0 Å². The number of benzene rings is 1. The molecule has 0 bridgehead atoms. The number of carbonyl (C=O) groups is 3. The number of hydrogen-bond acceptors (Lipinski definition) is 5. The third-order valence-corrected chi connectivity index (χ3v) is 4.24. The van der Waals surface area contributed by atoms with Gasteiger partial charge < -0.3 is 26.6 Å². The highest BCUT2D eigenvalue weighted by Crippen LogP contribution is 2.24. The van der Waals surface area contributed by atoms with Gasteiger partial charge >= 0.3 is 11.9 Å². The van der Waals surface area contributed by atoms with Crippen molar-refractivity contribution in [3.63, 3.8) is 0 Å². The van der Waals surface area contributed by atoms with Crippen LogP contribution in [-0.4, -0.2) is 41.5 Å². The van der Waals surface area contributed by atoms with Crippen LogP contribution >= 0.6 is 0 Å². The Morgan fingerprint density at radius 3 is 2.48 bits per heavy atom. The molecule has 0 aromatic heterocycles. The Morgan fingerprint density at radius 2 is 1.90 bits per heavy atom. The van der Waals surface area contributed by atoms with Gasteiger partial charge in [0, 0.05) is 13.0 Å². The lowest BCUT2D eigenvalue weighted by Gasteiger charge is -2.14. The van der Waals surface area contributed by atoms with Crippen molar-refractivity contribution in [1.29, 1.82) is 0 Å². The van der Waals surface area contributed by atoms with Gasteiger partial charge in [0.2, 0.25) is 5.91 Å². The van der Waals surface area contributed by atoms with Crippen molar-refractivity contribution >= 4 is 23.8 Å². The Bertz CT molecular complexity index is 757. The topological polar surface area (TPSA) is 157 Å². The van der Waals surface area contributed by atoms with Crippen LogP contribution in [0.1, 0.15) is 56.6 Å². The second-order valence-electron chi connectivity index (χ2n) is 7.06. The largest absolute Gasteiger partial charge is 0.480 e. The van der Waals surface area contributed by atoms with Crippen LogP contribution in [0.25, 0.3) is 0 Å². The maximum atomic E-state index is 12.1. The molecule has 1 amide bonds. The number of esters is 1. The molecule has 29 heavy (non-hydrogen) atoms. The Hall–Kier alpha value is -3.10. The molecule has 1 aromatic carbocycles. The van der Waals surface area contributed by atoms with E-state index in [1.54, 1.807) is 0 Å². The fourth-order valence-electron chi connectivity index (χ4n) is 2.50. The quantitative estimate of drug-likeness (QED) is 0.142. The molecule has 1 aromatic rings. The molecule has 0 saturated heterocycles. The minimum absolute atomic E-state index is 0.0754. The number of nitrogens with zero attached hydrogens (tertiary/aromatic N) is 1. The summed E-state index contributed by atoms with van der Waals surface area (Å²) in [5.74, 6) is -1.57. The van der Waals surface area contributed by atoms with Crippen molar-refractivity contribution < 1.29 is 24.2 Å². The van der Waals surface area contributed by atoms with E-state index in [9.17, 15) is 19.5 Å². The molecule has 1 rings (SSSR count). The van der Waals surface area contributed by atoms with Crippen molar-refractivity contribution in [2.45, 2.75) is 58.4 Å². The van der Waals surface area contributed by atoms with E-state index < -0.39 is 23.9 Å². The first-order chi connectivity index (χ1) is 13.6. The fraction of sp³-hybridized carbons (Fsp3) is 0.500. The highest BCUT2D eigenvalue weighted by molar-refractivity contribution is 5.86. The summed E-state index contributed by atoms with van der Waals surface area (Å²) in [5, 5.41) is 11.6.